The maximum Gasteiger partial charge on any atom is 0.416 e. The van der Waals surface area contributed by atoms with Crippen LogP contribution in [-0.2, 0) is 24.9 Å². The van der Waals surface area contributed by atoms with Crippen LogP contribution in [0.2, 0.25) is 0 Å². The number of halogens is 5. The van der Waals surface area contributed by atoms with Gasteiger partial charge in [0.05, 0.1) is 17.4 Å². The molecule has 2 amide bonds. The molecule has 0 spiro atoms. The third-order valence-corrected chi connectivity index (χ3v) is 7.01. The van der Waals surface area contributed by atoms with Gasteiger partial charge in [-0.05, 0) is 45.4 Å². The molecule has 0 unspecified atom stereocenters. The van der Waals surface area contributed by atoms with Crippen LogP contribution in [0.25, 0.3) is 0 Å². The Morgan fingerprint density at radius 2 is 1.84 bits per heavy atom. The highest BCUT2D eigenvalue weighted by Gasteiger charge is 2.57. The van der Waals surface area contributed by atoms with E-state index in [1.807, 2.05) is 0 Å². The lowest BCUT2D eigenvalue weighted by molar-refractivity contribution is -0.277. The second kappa shape index (κ2) is 9.49. The Bertz CT molecular complexity index is 1260. The van der Waals surface area contributed by atoms with E-state index < -0.39 is 71.6 Å². The average Bonchev–Trinajstić information content (AvgIpc) is 3.32. The van der Waals surface area contributed by atoms with Crippen LogP contribution in [0.15, 0.2) is 18.2 Å². The number of carbonyl (C=O) groups excluding carboxylic acids is 1. The number of fused-ring (bicyclic) bond motifs is 1. The van der Waals surface area contributed by atoms with E-state index in [1.165, 1.54) is 16.5 Å². The number of imidazole rings is 1. The number of rotatable bonds is 4. The number of carbonyl (C=O) groups is 2. The third-order valence-electron chi connectivity index (χ3n) is 7.01. The molecule has 2 aliphatic heterocycles. The van der Waals surface area contributed by atoms with Crippen molar-refractivity contribution in [2.45, 2.75) is 76.3 Å². The molecule has 4 atom stereocenters. The molecule has 1 aromatic heterocycles. The van der Waals surface area contributed by atoms with Crippen molar-refractivity contribution in [1.29, 1.82) is 0 Å². The molecule has 3 heterocycles. The van der Waals surface area contributed by atoms with Gasteiger partial charge in [-0.25, -0.2) is 18.6 Å². The van der Waals surface area contributed by atoms with E-state index in [2.05, 4.69) is 4.98 Å². The molecule has 2 aromatic rings. The number of hydrogen-bond donors (Lipinski definition) is 2. The maximum absolute atomic E-state index is 14.8. The van der Waals surface area contributed by atoms with Gasteiger partial charge >= 0.3 is 12.3 Å². The van der Waals surface area contributed by atoms with Crippen LogP contribution in [0.5, 0.6) is 0 Å². The summed E-state index contributed by atoms with van der Waals surface area (Å²) in [5, 5.41) is 10.1. The van der Waals surface area contributed by atoms with E-state index in [-0.39, 0.29) is 18.9 Å². The number of benzene rings is 1. The molecule has 38 heavy (non-hydrogen) atoms. The van der Waals surface area contributed by atoms with Crippen molar-refractivity contribution in [3.63, 3.8) is 0 Å². The van der Waals surface area contributed by atoms with E-state index in [9.17, 15) is 36.6 Å². The van der Waals surface area contributed by atoms with Crippen LogP contribution in [-0.4, -0.2) is 66.4 Å². The fraction of sp³-hybridized carbons (Fsp3) is 0.542. The summed E-state index contributed by atoms with van der Waals surface area (Å²) in [5.74, 6) is -2.74. The number of primary amides is 1. The third kappa shape index (κ3) is 4.94. The highest BCUT2D eigenvalue weighted by molar-refractivity contribution is 5.89. The van der Waals surface area contributed by atoms with Crippen molar-refractivity contribution in [2.24, 2.45) is 12.8 Å². The first-order chi connectivity index (χ1) is 17.5. The monoisotopic (exact) mass is 545 g/mol. The van der Waals surface area contributed by atoms with Crippen LogP contribution in [0.3, 0.4) is 0 Å². The molecule has 0 radical (unpaired) electrons. The minimum absolute atomic E-state index is 0.0359. The Morgan fingerprint density at radius 3 is 2.37 bits per heavy atom. The molecule has 2 aliphatic rings. The quantitative estimate of drug-likeness (QED) is 0.567. The van der Waals surface area contributed by atoms with E-state index in [0.717, 1.165) is 23.1 Å². The van der Waals surface area contributed by atoms with Crippen LogP contribution in [0.4, 0.5) is 26.7 Å². The lowest BCUT2D eigenvalue weighted by Crippen LogP contribution is -2.63. The fourth-order valence-electron chi connectivity index (χ4n) is 5.46. The molecule has 1 fully saturated rings. The molecule has 9 nitrogen and oxygen atoms in total. The second-order valence-electron chi connectivity index (χ2n) is 10.5. The molecular weight excluding hydrogens is 517 g/mol. The number of carboxylic acid groups (broad SMARTS) is 1. The summed E-state index contributed by atoms with van der Waals surface area (Å²) in [5.41, 5.74) is 4.55. The van der Waals surface area contributed by atoms with Gasteiger partial charge in [0, 0.05) is 37.3 Å². The Kier molecular flexibility index (Phi) is 6.93. The Hall–Kier alpha value is -3.26. The smallest absolute Gasteiger partial charge is 0.416 e. The van der Waals surface area contributed by atoms with Gasteiger partial charge in [0.2, 0.25) is 0 Å². The largest absolute Gasteiger partial charge is 0.465 e. The number of hydrogen-bond acceptors (Lipinski definition) is 5. The number of alkyl halides is 3. The Balaban J connectivity index is 1.79. The van der Waals surface area contributed by atoms with Gasteiger partial charge in [-0.2, -0.15) is 13.2 Å². The van der Waals surface area contributed by atoms with Crippen molar-refractivity contribution < 1.29 is 41.4 Å². The predicted molar refractivity (Wildman–Crippen MR) is 123 cm³/mol. The first-order valence-electron chi connectivity index (χ1n) is 11.8. The molecule has 4 rings (SSSR count). The summed E-state index contributed by atoms with van der Waals surface area (Å²) in [7, 11) is 1.52. The zero-order chi connectivity index (χ0) is 28.3. The molecule has 208 valence electrons. The van der Waals surface area contributed by atoms with E-state index in [1.54, 1.807) is 20.8 Å². The number of aromatic nitrogens is 2. The Morgan fingerprint density at radius 1 is 1.18 bits per heavy atom. The Labute approximate surface area is 215 Å². The predicted octanol–water partition coefficient (Wildman–Crippen LogP) is 3.72. The van der Waals surface area contributed by atoms with Crippen molar-refractivity contribution in [2.75, 3.05) is 0 Å². The molecular formula is C24H28F5N5O4. The molecule has 3 N–H and O–H groups in total. The molecule has 0 aliphatic carbocycles. The highest BCUT2D eigenvalue weighted by Crippen LogP contribution is 2.46. The zero-order valence-electron chi connectivity index (χ0n) is 21.1. The summed E-state index contributed by atoms with van der Waals surface area (Å²) in [6, 6.07) is -0.395. The second-order valence-corrected chi connectivity index (χ2v) is 10.5. The number of nitrogens with two attached hydrogens (primary N) is 1. The van der Waals surface area contributed by atoms with E-state index in [4.69, 9.17) is 10.5 Å². The van der Waals surface area contributed by atoms with Crippen molar-refractivity contribution in [3.8, 4) is 0 Å². The number of amides is 2. The summed E-state index contributed by atoms with van der Waals surface area (Å²) in [6.45, 7) is 4.52. The standard InChI is InChI=1S/C24H28F5N5O4/c1-23(2,3)34(22(36)37)15-8-16(33-9-14-17(10-33)32(4)21(31-14)20(30)35)19(24(27,28)29)38-18(15)12-7-11(25)5-6-13(12)26/h5-7,15-16,18-19H,8-10H2,1-4H3,(H2,30,35)(H,36,37)/t15-,16+,18+,19-/m0/s1. The summed E-state index contributed by atoms with van der Waals surface area (Å²) in [6.07, 6.45) is -11.0. The number of ether oxygens (including phenoxy) is 1. The van der Waals surface area contributed by atoms with Gasteiger partial charge in [0.1, 0.15) is 17.7 Å². The fourth-order valence-corrected chi connectivity index (χ4v) is 5.46. The first kappa shape index (κ1) is 27.8. The minimum atomic E-state index is -4.92. The number of nitrogens with zero attached hydrogens (tertiary/aromatic N) is 4. The summed E-state index contributed by atoms with van der Waals surface area (Å²) < 4.78 is 79.1. The van der Waals surface area contributed by atoms with E-state index in [0.29, 0.717) is 11.4 Å². The molecule has 0 saturated carbocycles. The SMILES string of the molecule is Cn1c(C(N)=O)nc2c1CN([C@@H]1C[C@H](N(C(=O)O)C(C)(C)C)[C@@H](c3cc(F)ccc3F)O[C@@H]1C(F)(F)F)C2. The van der Waals surface area contributed by atoms with Crippen LogP contribution >= 0.6 is 0 Å². The average molecular weight is 546 g/mol. The van der Waals surface area contributed by atoms with Crippen LogP contribution < -0.4 is 5.73 Å². The summed E-state index contributed by atoms with van der Waals surface area (Å²) >= 11 is 0. The molecule has 0 bridgehead atoms. The van der Waals surface area contributed by atoms with Crippen LogP contribution in [0.1, 0.15) is 60.9 Å². The van der Waals surface area contributed by atoms with E-state index >= 15 is 0 Å². The molecule has 14 heteroatoms. The molecule has 1 saturated heterocycles. The van der Waals surface area contributed by atoms with Gasteiger partial charge in [-0.15, -0.1) is 0 Å². The normalized spacial score (nSPS) is 24.3. The topological polar surface area (TPSA) is 114 Å². The van der Waals surface area contributed by atoms with Crippen molar-refractivity contribution >= 4 is 12.0 Å². The molecule has 1 aromatic carbocycles. The lowest BCUT2D eigenvalue weighted by atomic mass is 9.85. The zero-order valence-corrected chi connectivity index (χ0v) is 21.1. The maximum atomic E-state index is 14.8. The van der Waals surface area contributed by atoms with Crippen molar-refractivity contribution in [1.82, 2.24) is 19.4 Å². The van der Waals surface area contributed by atoms with Crippen molar-refractivity contribution in [3.05, 3.63) is 52.6 Å². The van der Waals surface area contributed by atoms with Gasteiger partial charge in [-0.1, -0.05) is 0 Å². The van der Waals surface area contributed by atoms with Gasteiger partial charge < -0.3 is 20.1 Å². The lowest BCUT2D eigenvalue weighted by Gasteiger charge is -2.51. The van der Waals surface area contributed by atoms with Gasteiger partial charge in [-0.3, -0.25) is 14.6 Å². The summed E-state index contributed by atoms with van der Waals surface area (Å²) in [4.78, 5) is 30.5. The highest BCUT2D eigenvalue weighted by atomic mass is 19.4. The van der Waals surface area contributed by atoms with Crippen LogP contribution in [0, 0.1) is 11.6 Å². The minimum Gasteiger partial charge on any atom is -0.465 e. The first-order valence-corrected chi connectivity index (χ1v) is 11.8. The van der Waals surface area contributed by atoms with Gasteiger partial charge in [0.25, 0.3) is 5.91 Å². The van der Waals surface area contributed by atoms with Gasteiger partial charge in [0.15, 0.2) is 11.9 Å².